The van der Waals surface area contributed by atoms with Gasteiger partial charge in [-0.3, -0.25) is 9.89 Å². The number of aromatic nitrogens is 4. The Morgan fingerprint density at radius 3 is 2.76 bits per heavy atom. The molecule has 7 heteroatoms. The summed E-state index contributed by atoms with van der Waals surface area (Å²) in [5.41, 5.74) is 4.57. The summed E-state index contributed by atoms with van der Waals surface area (Å²) in [6.45, 7) is 2.06. The highest BCUT2D eigenvalue weighted by Crippen LogP contribution is 2.30. The molecule has 29 heavy (non-hydrogen) atoms. The second-order valence-corrected chi connectivity index (χ2v) is 7.77. The fourth-order valence-electron chi connectivity index (χ4n) is 3.95. The predicted molar refractivity (Wildman–Crippen MR) is 113 cm³/mol. The fraction of sp³-hybridized carbons (Fsp3) is 0.227. The summed E-state index contributed by atoms with van der Waals surface area (Å²) in [6.07, 6.45) is 5.68. The first-order valence-electron chi connectivity index (χ1n) is 9.73. The van der Waals surface area contributed by atoms with Crippen LogP contribution in [0.1, 0.15) is 40.4 Å². The van der Waals surface area contributed by atoms with Gasteiger partial charge in [0.15, 0.2) is 5.78 Å². The summed E-state index contributed by atoms with van der Waals surface area (Å²) in [5, 5.41) is 12.3. The van der Waals surface area contributed by atoms with Crippen LogP contribution >= 0.6 is 11.6 Å². The number of hydrogen-bond acceptors (Lipinski definition) is 4. The maximum atomic E-state index is 13.0. The van der Waals surface area contributed by atoms with Crippen LogP contribution in [0.2, 0.25) is 5.02 Å². The highest BCUT2D eigenvalue weighted by molar-refractivity contribution is 6.35. The van der Waals surface area contributed by atoms with E-state index in [1.807, 2.05) is 18.2 Å². The molecule has 146 valence electrons. The molecule has 3 aromatic heterocycles. The Morgan fingerprint density at radius 1 is 1.10 bits per heavy atom. The molecule has 1 aliphatic rings. The van der Waals surface area contributed by atoms with Crippen LogP contribution in [0, 0.1) is 0 Å². The van der Waals surface area contributed by atoms with Gasteiger partial charge in [0.1, 0.15) is 5.65 Å². The second-order valence-electron chi connectivity index (χ2n) is 7.36. The summed E-state index contributed by atoms with van der Waals surface area (Å²) in [6, 6.07) is 11.1. The normalized spacial score (nSPS) is 15.1. The van der Waals surface area contributed by atoms with E-state index in [9.17, 15) is 4.79 Å². The zero-order valence-corrected chi connectivity index (χ0v) is 16.5. The third-order valence-corrected chi connectivity index (χ3v) is 5.90. The fourth-order valence-corrected chi connectivity index (χ4v) is 4.17. The van der Waals surface area contributed by atoms with Crippen LogP contribution in [0.4, 0.5) is 0 Å². The number of carbonyl (C=O) groups excluding carboxylic acids is 1. The second kappa shape index (κ2) is 7.46. The number of piperidine rings is 1. The number of aromatic amines is 2. The van der Waals surface area contributed by atoms with Gasteiger partial charge in [-0.25, -0.2) is 4.98 Å². The van der Waals surface area contributed by atoms with E-state index in [2.05, 4.69) is 31.5 Å². The van der Waals surface area contributed by atoms with Gasteiger partial charge < -0.3 is 10.3 Å². The van der Waals surface area contributed by atoms with Gasteiger partial charge >= 0.3 is 0 Å². The van der Waals surface area contributed by atoms with E-state index in [0.29, 0.717) is 27.7 Å². The van der Waals surface area contributed by atoms with E-state index in [4.69, 9.17) is 11.6 Å². The standard InChI is InChI=1S/C22H20ClN5O/c23-18-4-2-1-3-15(18)21(29)17-12-26-22-16(17)9-14(11-25-22)20-10-19(27-28-20)13-5-7-24-8-6-13/h1-4,9-13,24H,5-8H2,(H,25,26)(H,27,28). The molecule has 5 rings (SSSR count). The van der Waals surface area contributed by atoms with Gasteiger partial charge in [0.2, 0.25) is 0 Å². The van der Waals surface area contributed by atoms with Crippen molar-refractivity contribution in [1.82, 2.24) is 25.5 Å². The van der Waals surface area contributed by atoms with Crippen molar-refractivity contribution in [3.05, 3.63) is 70.6 Å². The van der Waals surface area contributed by atoms with E-state index >= 15 is 0 Å². The quantitative estimate of drug-likeness (QED) is 0.442. The largest absolute Gasteiger partial charge is 0.345 e. The summed E-state index contributed by atoms with van der Waals surface area (Å²) >= 11 is 6.23. The number of carbonyl (C=O) groups is 1. The molecule has 4 heterocycles. The number of benzene rings is 1. The van der Waals surface area contributed by atoms with Crippen molar-refractivity contribution >= 4 is 28.4 Å². The maximum Gasteiger partial charge on any atom is 0.196 e. The molecule has 0 unspecified atom stereocenters. The van der Waals surface area contributed by atoms with Crippen LogP contribution in [-0.2, 0) is 0 Å². The van der Waals surface area contributed by atoms with Crippen LogP contribution in [-0.4, -0.2) is 39.0 Å². The Labute approximate surface area is 172 Å². The average Bonchev–Trinajstić information content (AvgIpc) is 3.41. The number of nitrogens with zero attached hydrogens (tertiary/aromatic N) is 2. The number of ketones is 1. The molecular weight excluding hydrogens is 386 g/mol. The third kappa shape index (κ3) is 3.34. The lowest BCUT2D eigenvalue weighted by Crippen LogP contribution is -2.26. The summed E-state index contributed by atoms with van der Waals surface area (Å²) in [5.74, 6) is 0.372. The molecule has 0 amide bonds. The Balaban J connectivity index is 1.51. The minimum atomic E-state index is -0.127. The Morgan fingerprint density at radius 2 is 1.93 bits per heavy atom. The number of rotatable bonds is 4. The number of H-pyrrole nitrogens is 2. The molecule has 1 fully saturated rings. The van der Waals surface area contributed by atoms with Crippen molar-refractivity contribution in [2.75, 3.05) is 13.1 Å². The number of pyridine rings is 1. The summed E-state index contributed by atoms with van der Waals surface area (Å²) in [7, 11) is 0. The molecule has 1 aliphatic heterocycles. The zero-order chi connectivity index (χ0) is 19.8. The van der Waals surface area contributed by atoms with Gasteiger partial charge in [-0.05, 0) is 50.2 Å². The molecule has 1 saturated heterocycles. The molecule has 0 aliphatic carbocycles. The molecule has 1 aromatic carbocycles. The Kier molecular flexibility index (Phi) is 4.66. The van der Waals surface area contributed by atoms with Crippen LogP contribution in [0.25, 0.3) is 22.3 Å². The first kappa shape index (κ1) is 18.1. The van der Waals surface area contributed by atoms with E-state index in [-0.39, 0.29) is 5.78 Å². The topological polar surface area (TPSA) is 86.5 Å². The van der Waals surface area contributed by atoms with Gasteiger partial charge in [0.25, 0.3) is 0 Å². The predicted octanol–water partition coefficient (Wildman–Crippen LogP) is 4.30. The lowest BCUT2D eigenvalue weighted by Gasteiger charge is -2.20. The lowest BCUT2D eigenvalue weighted by atomic mass is 9.94. The molecule has 0 bridgehead atoms. The first-order chi connectivity index (χ1) is 14.2. The van der Waals surface area contributed by atoms with Gasteiger partial charge in [0.05, 0.1) is 10.7 Å². The molecule has 6 nitrogen and oxygen atoms in total. The molecule has 0 atom stereocenters. The van der Waals surface area contributed by atoms with Gasteiger partial charge in [-0.15, -0.1) is 0 Å². The Bertz CT molecular complexity index is 1190. The summed E-state index contributed by atoms with van der Waals surface area (Å²) < 4.78 is 0. The van der Waals surface area contributed by atoms with Crippen LogP contribution < -0.4 is 5.32 Å². The molecule has 4 aromatic rings. The van der Waals surface area contributed by atoms with Crippen molar-refractivity contribution in [1.29, 1.82) is 0 Å². The lowest BCUT2D eigenvalue weighted by molar-refractivity contribution is 0.104. The van der Waals surface area contributed by atoms with Crippen LogP contribution in [0.15, 0.2) is 48.8 Å². The highest BCUT2D eigenvalue weighted by Gasteiger charge is 2.20. The third-order valence-electron chi connectivity index (χ3n) is 5.57. The first-order valence-corrected chi connectivity index (χ1v) is 10.1. The summed E-state index contributed by atoms with van der Waals surface area (Å²) in [4.78, 5) is 20.6. The highest BCUT2D eigenvalue weighted by atomic mass is 35.5. The molecule has 0 spiro atoms. The van der Waals surface area contributed by atoms with Crippen LogP contribution in [0.5, 0.6) is 0 Å². The van der Waals surface area contributed by atoms with Gasteiger partial charge in [-0.2, -0.15) is 5.10 Å². The van der Waals surface area contributed by atoms with Crippen molar-refractivity contribution in [2.45, 2.75) is 18.8 Å². The minimum absolute atomic E-state index is 0.127. The van der Waals surface area contributed by atoms with Gasteiger partial charge in [-0.1, -0.05) is 23.7 Å². The van der Waals surface area contributed by atoms with E-state index in [1.165, 1.54) is 0 Å². The average molecular weight is 406 g/mol. The number of halogens is 1. The van der Waals surface area contributed by atoms with Crippen molar-refractivity contribution in [2.24, 2.45) is 0 Å². The SMILES string of the molecule is O=C(c1ccccc1Cl)c1c[nH]c2ncc(-c3cc(C4CCNCC4)[nH]n3)cc12. The smallest absolute Gasteiger partial charge is 0.196 e. The zero-order valence-electron chi connectivity index (χ0n) is 15.7. The number of nitrogens with one attached hydrogen (secondary N) is 3. The van der Waals surface area contributed by atoms with E-state index in [0.717, 1.165) is 48.3 Å². The van der Waals surface area contributed by atoms with Crippen LogP contribution in [0.3, 0.4) is 0 Å². The number of fused-ring (bicyclic) bond motifs is 1. The number of hydrogen-bond donors (Lipinski definition) is 3. The molecule has 3 N–H and O–H groups in total. The molecule has 0 radical (unpaired) electrons. The molecular formula is C22H20ClN5O. The monoisotopic (exact) mass is 405 g/mol. The minimum Gasteiger partial charge on any atom is -0.345 e. The Hall–Kier alpha value is -2.96. The van der Waals surface area contributed by atoms with Crippen molar-refractivity contribution in [3.8, 4) is 11.3 Å². The molecule has 0 saturated carbocycles. The van der Waals surface area contributed by atoms with Crippen molar-refractivity contribution in [3.63, 3.8) is 0 Å². The van der Waals surface area contributed by atoms with Crippen molar-refractivity contribution < 1.29 is 4.79 Å². The van der Waals surface area contributed by atoms with E-state index in [1.54, 1.807) is 24.5 Å². The maximum absolute atomic E-state index is 13.0. The van der Waals surface area contributed by atoms with E-state index < -0.39 is 0 Å². The van der Waals surface area contributed by atoms with Gasteiger partial charge in [0, 0.05) is 46.1 Å².